The maximum Gasteiger partial charge on any atom is 0.504 e. The molecule has 1 heterocycles. The molecule has 0 saturated heterocycles. The van der Waals surface area contributed by atoms with Crippen molar-refractivity contribution in [3.05, 3.63) is 54.1 Å². The van der Waals surface area contributed by atoms with Crippen molar-refractivity contribution in [1.29, 1.82) is 0 Å². The maximum atomic E-state index is 9.21. The highest BCUT2D eigenvalue weighted by atomic mass is 32.1. The van der Waals surface area contributed by atoms with Gasteiger partial charge in [-0.15, -0.1) is 11.3 Å². The third-order valence-electron chi connectivity index (χ3n) is 4.14. The van der Waals surface area contributed by atoms with Gasteiger partial charge in [0.05, 0.1) is 4.70 Å². The van der Waals surface area contributed by atoms with Crippen molar-refractivity contribution in [2.24, 2.45) is 0 Å². The first-order valence-electron chi connectivity index (χ1n) is 7.43. The van der Waals surface area contributed by atoms with Crippen LogP contribution in [0, 0.1) is 0 Å². The van der Waals surface area contributed by atoms with Gasteiger partial charge in [-0.1, -0.05) is 49.4 Å². The third kappa shape index (κ3) is 1.91. The molecule has 0 saturated carbocycles. The Bertz CT molecular complexity index is 991. The fraction of sp³-hybridized carbons (Fsp3) is 0.111. The van der Waals surface area contributed by atoms with Crippen molar-refractivity contribution in [3.8, 4) is 5.75 Å². The predicted octanol–water partition coefficient (Wildman–Crippen LogP) is 4.41. The van der Waals surface area contributed by atoms with Crippen LogP contribution in [0.2, 0.25) is 0 Å². The van der Waals surface area contributed by atoms with Crippen molar-refractivity contribution >= 4 is 50.0 Å². The van der Waals surface area contributed by atoms with Gasteiger partial charge in [-0.3, -0.25) is 0 Å². The van der Waals surface area contributed by atoms with Crippen molar-refractivity contribution in [1.82, 2.24) is 0 Å². The van der Waals surface area contributed by atoms with Crippen LogP contribution >= 0.6 is 11.3 Å². The molecule has 4 heteroatoms. The van der Waals surface area contributed by atoms with Crippen molar-refractivity contribution in [2.75, 3.05) is 0 Å². The van der Waals surface area contributed by atoms with E-state index >= 15 is 0 Å². The molecule has 0 aliphatic rings. The molecule has 2 nitrogen and oxygen atoms in total. The topological polar surface area (TPSA) is 29.5 Å². The van der Waals surface area contributed by atoms with Crippen LogP contribution in [0.4, 0.5) is 0 Å². The molecule has 0 spiro atoms. The number of rotatable bonds is 3. The van der Waals surface area contributed by atoms with Gasteiger partial charge in [-0.05, 0) is 28.8 Å². The summed E-state index contributed by atoms with van der Waals surface area (Å²) in [6, 6.07) is 16.9. The number of hydrogen-bond donors (Lipinski definition) is 1. The Morgan fingerprint density at radius 2 is 1.86 bits per heavy atom. The number of aryl methyl sites for hydroxylation is 1. The van der Waals surface area contributed by atoms with Gasteiger partial charge in [0.15, 0.2) is 0 Å². The van der Waals surface area contributed by atoms with Gasteiger partial charge in [0.1, 0.15) is 5.75 Å². The smallest absolute Gasteiger partial charge is 0.504 e. The lowest BCUT2D eigenvalue weighted by Crippen LogP contribution is -1.99. The molecule has 1 N–H and O–H groups in total. The molecule has 0 radical (unpaired) electrons. The number of fused-ring (bicyclic) bond motifs is 5. The quantitative estimate of drug-likeness (QED) is 0.568. The van der Waals surface area contributed by atoms with Crippen LogP contribution in [-0.2, 0) is 6.42 Å². The van der Waals surface area contributed by atoms with E-state index in [2.05, 4.69) is 43.3 Å². The summed E-state index contributed by atoms with van der Waals surface area (Å²) in [5.74, 6) is 0.763. The van der Waals surface area contributed by atoms with Gasteiger partial charge in [0.25, 0.3) is 0 Å². The zero-order valence-corrected chi connectivity index (χ0v) is 13.1. The second-order valence-electron chi connectivity index (χ2n) is 5.32. The molecule has 0 atom stereocenters. The summed E-state index contributed by atoms with van der Waals surface area (Å²) in [7, 11) is -0.303. The van der Waals surface area contributed by atoms with Crippen molar-refractivity contribution in [3.63, 3.8) is 0 Å². The lowest BCUT2D eigenvalue weighted by atomic mass is 10.0. The van der Waals surface area contributed by atoms with Gasteiger partial charge < -0.3 is 9.68 Å². The Morgan fingerprint density at radius 3 is 2.68 bits per heavy atom. The van der Waals surface area contributed by atoms with Crippen molar-refractivity contribution in [2.45, 2.75) is 13.3 Å². The van der Waals surface area contributed by atoms with Gasteiger partial charge in [-0.25, -0.2) is 0 Å². The monoisotopic (exact) mass is 306 g/mol. The Morgan fingerprint density at radius 1 is 1.05 bits per heavy atom. The molecule has 108 valence electrons. The molecule has 22 heavy (non-hydrogen) atoms. The minimum Gasteiger partial charge on any atom is -0.538 e. The Kier molecular flexibility index (Phi) is 3.28. The standard InChI is InChI=1S/C18H15BO2S/c1-2-11-7-5-9-14-16-13-8-4-3-6-12(13)10-15(21-19-20)18(16)22-17(11)14/h3-10,19-20H,2H2,1H3. The summed E-state index contributed by atoms with van der Waals surface area (Å²) >= 11 is 1.76. The molecule has 0 aliphatic carbocycles. The molecule has 3 aromatic carbocycles. The molecule has 0 fully saturated rings. The second-order valence-corrected chi connectivity index (χ2v) is 6.34. The zero-order chi connectivity index (χ0) is 15.1. The highest BCUT2D eigenvalue weighted by Crippen LogP contribution is 2.44. The zero-order valence-electron chi connectivity index (χ0n) is 12.3. The van der Waals surface area contributed by atoms with Crippen LogP contribution in [0.5, 0.6) is 5.75 Å². The molecule has 4 rings (SSSR count). The van der Waals surface area contributed by atoms with E-state index in [4.69, 9.17) is 4.65 Å². The van der Waals surface area contributed by atoms with Gasteiger partial charge >= 0.3 is 7.69 Å². The first-order chi connectivity index (χ1) is 10.8. The SMILES string of the molecule is CCc1cccc2c1sc1c(OBO)cc3ccccc3c12. The normalized spacial score (nSPS) is 11.4. The van der Waals surface area contributed by atoms with E-state index in [0.717, 1.165) is 22.3 Å². The average molecular weight is 306 g/mol. The van der Waals surface area contributed by atoms with Gasteiger partial charge in [0.2, 0.25) is 0 Å². The van der Waals surface area contributed by atoms with E-state index in [1.807, 2.05) is 12.1 Å². The van der Waals surface area contributed by atoms with E-state index in [1.165, 1.54) is 26.4 Å². The molecular formula is C18H15BO2S. The fourth-order valence-electron chi connectivity index (χ4n) is 3.13. The number of benzene rings is 3. The summed E-state index contributed by atoms with van der Waals surface area (Å²) in [5, 5.41) is 14.1. The van der Waals surface area contributed by atoms with Gasteiger partial charge in [0, 0.05) is 15.5 Å². The van der Waals surface area contributed by atoms with Crippen LogP contribution < -0.4 is 4.65 Å². The predicted molar refractivity (Wildman–Crippen MR) is 96.2 cm³/mol. The lowest BCUT2D eigenvalue weighted by Gasteiger charge is -2.07. The van der Waals surface area contributed by atoms with E-state index in [1.54, 1.807) is 11.3 Å². The van der Waals surface area contributed by atoms with E-state index in [9.17, 15) is 5.02 Å². The van der Waals surface area contributed by atoms with E-state index < -0.39 is 0 Å². The summed E-state index contributed by atoms with van der Waals surface area (Å²) in [6.07, 6.45) is 1.01. The molecule has 0 amide bonds. The van der Waals surface area contributed by atoms with Crippen LogP contribution in [0.1, 0.15) is 12.5 Å². The summed E-state index contributed by atoms with van der Waals surface area (Å²) < 4.78 is 7.93. The van der Waals surface area contributed by atoms with E-state index in [0.29, 0.717) is 0 Å². The summed E-state index contributed by atoms with van der Waals surface area (Å²) in [6.45, 7) is 2.18. The Labute approximate surface area is 133 Å². The summed E-state index contributed by atoms with van der Waals surface area (Å²) in [4.78, 5) is 0. The molecule has 0 bridgehead atoms. The fourth-order valence-corrected chi connectivity index (χ4v) is 4.50. The van der Waals surface area contributed by atoms with Crippen molar-refractivity contribution < 1.29 is 9.68 Å². The molecule has 1 aromatic heterocycles. The first kappa shape index (κ1) is 13.6. The van der Waals surface area contributed by atoms with Gasteiger partial charge in [-0.2, -0.15) is 0 Å². The van der Waals surface area contributed by atoms with E-state index in [-0.39, 0.29) is 7.69 Å². The van der Waals surface area contributed by atoms with Crippen LogP contribution in [0.15, 0.2) is 48.5 Å². The lowest BCUT2D eigenvalue weighted by molar-refractivity contribution is 0.457. The molecule has 4 aromatic rings. The Balaban J connectivity index is 2.25. The largest absolute Gasteiger partial charge is 0.538 e. The average Bonchev–Trinajstić information content (AvgIpc) is 2.95. The molecular weight excluding hydrogens is 291 g/mol. The second kappa shape index (κ2) is 5.31. The van der Waals surface area contributed by atoms with Crippen LogP contribution in [-0.4, -0.2) is 12.7 Å². The molecule has 0 aliphatic heterocycles. The highest BCUT2D eigenvalue weighted by Gasteiger charge is 2.15. The van der Waals surface area contributed by atoms with Crippen LogP contribution in [0.3, 0.4) is 0 Å². The third-order valence-corrected chi connectivity index (χ3v) is 5.43. The molecule has 0 unspecified atom stereocenters. The number of hydrogen-bond acceptors (Lipinski definition) is 3. The number of thiophene rings is 1. The minimum absolute atomic E-state index is 0.303. The van der Waals surface area contributed by atoms with Crippen LogP contribution in [0.25, 0.3) is 30.9 Å². The maximum absolute atomic E-state index is 9.21. The Hall–Kier alpha value is -2.04. The first-order valence-corrected chi connectivity index (χ1v) is 8.24. The highest BCUT2D eigenvalue weighted by molar-refractivity contribution is 7.26. The minimum atomic E-state index is -0.303. The summed E-state index contributed by atoms with van der Waals surface area (Å²) in [5.41, 5.74) is 1.36.